The van der Waals surface area contributed by atoms with Gasteiger partial charge in [0.15, 0.2) is 0 Å². The van der Waals surface area contributed by atoms with Crippen molar-refractivity contribution < 1.29 is 14.4 Å². The third-order valence-corrected chi connectivity index (χ3v) is 9.10. The van der Waals surface area contributed by atoms with Crippen molar-refractivity contribution in [2.75, 3.05) is 23.7 Å². The maximum absolute atomic E-state index is 13.8. The third-order valence-electron chi connectivity index (χ3n) is 9.10. The molecule has 3 heterocycles. The van der Waals surface area contributed by atoms with Crippen LogP contribution in [0.5, 0.6) is 0 Å². The van der Waals surface area contributed by atoms with Crippen molar-refractivity contribution in [1.82, 2.24) is 15.2 Å². The molecule has 3 amide bonds. The summed E-state index contributed by atoms with van der Waals surface area (Å²) in [6.07, 6.45) is 6.51. The lowest BCUT2D eigenvalue weighted by Crippen LogP contribution is -2.64. The lowest BCUT2D eigenvalue weighted by molar-refractivity contribution is -0.147. The van der Waals surface area contributed by atoms with Crippen molar-refractivity contribution in [2.24, 2.45) is 0 Å². The van der Waals surface area contributed by atoms with Crippen LogP contribution in [0.3, 0.4) is 0 Å². The Bertz CT molecular complexity index is 1480. The van der Waals surface area contributed by atoms with Crippen molar-refractivity contribution in [1.29, 1.82) is 0 Å². The van der Waals surface area contributed by atoms with E-state index < -0.39 is 11.0 Å². The molecule has 7 rings (SSSR count). The molecule has 1 saturated heterocycles. The van der Waals surface area contributed by atoms with E-state index in [9.17, 15) is 14.4 Å². The summed E-state index contributed by atoms with van der Waals surface area (Å²) >= 11 is 0. The molecule has 198 valence electrons. The average Bonchev–Trinajstić information content (AvgIpc) is 3.64. The molecule has 8 heteroatoms. The van der Waals surface area contributed by atoms with Gasteiger partial charge in [-0.1, -0.05) is 55.3 Å². The Labute approximate surface area is 227 Å². The van der Waals surface area contributed by atoms with E-state index in [4.69, 9.17) is 0 Å². The second kappa shape index (κ2) is 9.02. The van der Waals surface area contributed by atoms with E-state index in [1.54, 1.807) is 11.1 Å². The Morgan fingerprint density at radius 1 is 1.00 bits per heavy atom. The number of amides is 3. The zero-order valence-electron chi connectivity index (χ0n) is 21.7. The van der Waals surface area contributed by atoms with Crippen LogP contribution in [0.4, 0.5) is 11.5 Å². The van der Waals surface area contributed by atoms with Crippen molar-refractivity contribution in [2.45, 2.75) is 55.5 Å². The fourth-order valence-corrected chi connectivity index (χ4v) is 7.12. The normalized spacial score (nSPS) is 24.6. The highest BCUT2D eigenvalue weighted by Gasteiger charge is 2.51. The minimum atomic E-state index is -0.652. The molecule has 2 aliphatic carbocycles. The maximum atomic E-state index is 13.8. The molecule has 1 saturated carbocycles. The van der Waals surface area contributed by atoms with Crippen molar-refractivity contribution in [3.63, 3.8) is 0 Å². The second-order valence-electron chi connectivity index (χ2n) is 11.4. The number of aromatic nitrogens is 1. The van der Waals surface area contributed by atoms with E-state index in [-0.39, 0.29) is 30.3 Å². The molecule has 2 aliphatic heterocycles. The first-order valence-corrected chi connectivity index (χ1v) is 13.8. The molecule has 3 aromatic rings. The van der Waals surface area contributed by atoms with Gasteiger partial charge in [-0.2, -0.15) is 0 Å². The predicted molar refractivity (Wildman–Crippen MR) is 147 cm³/mol. The quantitative estimate of drug-likeness (QED) is 0.488. The number of piperazine rings is 1. The van der Waals surface area contributed by atoms with E-state index in [1.807, 2.05) is 60.7 Å². The van der Waals surface area contributed by atoms with Crippen molar-refractivity contribution >= 4 is 29.2 Å². The van der Waals surface area contributed by atoms with Gasteiger partial charge in [0.05, 0.1) is 17.0 Å². The zero-order valence-corrected chi connectivity index (χ0v) is 21.7. The number of rotatable bonds is 4. The molecule has 2 atom stereocenters. The van der Waals surface area contributed by atoms with E-state index >= 15 is 0 Å². The molecule has 3 N–H and O–H groups in total. The van der Waals surface area contributed by atoms with Gasteiger partial charge in [0.1, 0.15) is 12.4 Å². The van der Waals surface area contributed by atoms with E-state index in [0.717, 1.165) is 47.9 Å². The van der Waals surface area contributed by atoms with Gasteiger partial charge >= 0.3 is 0 Å². The van der Waals surface area contributed by atoms with Crippen LogP contribution in [0.1, 0.15) is 54.0 Å². The molecule has 2 unspecified atom stereocenters. The van der Waals surface area contributed by atoms with Crippen LogP contribution in [0.25, 0.3) is 0 Å². The second-order valence-corrected chi connectivity index (χ2v) is 11.4. The summed E-state index contributed by atoms with van der Waals surface area (Å²) < 4.78 is 0. The number of fused-ring (bicyclic) bond motifs is 3. The standard InChI is InChI=1S/C31H31N5O3/c37-26(19-36-25(20-7-2-1-3-8-20)18-33-31(29(36)39)12-4-5-13-31)34-23-11-10-21-16-30(17-22(21)15-23)24-9-6-14-32-27(24)35-28(30)38/h1-3,6-11,14-15,25,33H,4-5,12-13,16-19H2,(H,34,37)(H,32,35,38). The molecule has 2 spiro atoms. The van der Waals surface area contributed by atoms with Crippen LogP contribution >= 0.6 is 0 Å². The first-order valence-electron chi connectivity index (χ1n) is 13.8. The molecule has 39 heavy (non-hydrogen) atoms. The zero-order chi connectivity index (χ0) is 26.6. The van der Waals surface area contributed by atoms with E-state index in [2.05, 4.69) is 20.9 Å². The lowest BCUT2D eigenvalue weighted by Gasteiger charge is -2.45. The number of carbonyl (C=O) groups is 3. The lowest BCUT2D eigenvalue weighted by atomic mass is 9.79. The van der Waals surface area contributed by atoms with E-state index in [1.165, 1.54) is 0 Å². The summed E-state index contributed by atoms with van der Waals surface area (Å²) in [5.74, 6) is 0.409. The Kier molecular flexibility index (Phi) is 5.56. The molecule has 0 radical (unpaired) electrons. The van der Waals surface area contributed by atoms with Gasteiger partial charge in [-0.15, -0.1) is 0 Å². The smallest absolute Gasteiger partial charge is 0.244 e. The summed E-state index contributed by atoms with van der Waals surface area (Å²) in [6, 6.07) is 19.4. The molecular formula is C31H31N5O3. The monoisotopic (exact) mass is 521 g/mol. The molecule has 2 aromatic carbocycles. The Balaban J connectivity index is 1.11. The number of nitrogens with one attached hydrogen (secondary N) is 3. The van der Waals surface area contributed by atoms with Crippen LogP contribution in [0.2, 0.25) is 0 Å². The highest BCUT2D eigenvalue weighted by Crippen LogP contribution is 2.47. The number of pyridine rings is 1. The largest absolute Gasteiger partial charge is 0.325 e. The van der Waals surface area contributed by atoms with Crippen molar-refractivity contribution in [3.05, 3.63) is 89.1 Å². The van der Waals surface area contributed by atoms with Gasteiger partial charge in [-0.05, 0) is 60.6 Å². The van der Waals surface area contributed by atoms with Gasteiger partial charge in [0.2, 0.25) is 17.7 Å². The van der Waals surface area contributed by atoms with Crippen LogP contribution in [-0.2, 0) is 32.6 Å². The molecule has 8 nitrogen and oxygen atoms in total. The Morgan fingerprint density at radius 2 is 1.79 bits per heavy atom. The number of hydrogen-bond acceptors (Lipinski definition) is 5. The number of benzene rings is 2. The van der Waals surface area contributed by atoms with Gasteiger partial charge in [-0.25, -0.2) is 4.98 Å². The molecular weight excluding hydrogens is 490 g/mol. The van der Waals surface area contributed by atoms with Crippen LogP contribution in [0.15, 0.2) is 66.9 Å². The van der Waals surface area contributed by atoms with Gasteiger partial charge < -0.3 is 20.9 Å². The summed E-state index contributed by atoms with van der Waals surface area (Å²) in [6.45, 7) is 0.618. The molecule has 1 aromatic heterocycles. The highest BCUT2D eigenvalue weighted by molar-refractivity contribution is 6.06. The van der Waals surface area contributed by atoms with Crippen LogP contribution < -0.4 is 16.0 Å². The Hall–Kier alpha value is -4.04. The Morgan fingerprint density at radius 3 is 2.62 bits per heavy atom. The fourth-order valence-electron chi connectivity index (χ4n) is 7.12. The highest BCUT2D eigenvalue weighted by atomic mass is 16.2. The number of anilines is 2. The van der Waals surface area contributed by atoms with Gasteiger partial charge in [0.25, 0.3) is 0 Å². The van der Waals surface area contributed by atoms with E-state index in [0.29, 0.717) is 30.9 Å². The summed E-state index contributed by atoms with van der Waals surface area (Å²) in [5, 5.41) is 9.52. The molecule has 4 aliphatic rings. The SMILES string of the molecule is O=C(CN1C(=O)C2(CCCC2)NCC1c1ccccc1)Nc1ccc2c(c1)CC1(C2)C(=O)Nc2ncccc21. The minimum absolute atomic E-state index is 0.00963. The van der Waals surface area contributed by atoms with Gasteiger partial charge in [0, 0.05) is 24.0 Å². The van der Waals surface area contributed by atoms with Crippen LogP contribution in [0, 0.1) is 0 Å². The number of carbonyl (C=O) groups excluding carboxylic acids is 3. The molecule has 2 fully saturated rings. The maximum Gasteiger partial charge on any atom is 0.244 e. The summed E-state index contributed by atoms with van der Waals surface area (Å²) in [5.41, 5.74) is 3.57. The predicted octanol–water partition coefficient (Wildman–Crippen LogP) is 3.49. The fraction of sp³-hybridized carbons (Fsp3) is 0.355. The number of hydrogen-bond donors (Lipinski definition) is 3. The third kappa shape index (κ3) is 3.85. The summed E-state index contributed by atoms with van der Waals surface area (Å²) in [4.78, 5) is 46.3. The number of nitrogens with zero attached hydrogens (tertiary/aromatic N) is 2. The first-order chi connectivity index (χ1) is 19.0. The first kappa shape index (κ1) is 24.0. The topological polar surface area (TPSA) is 103 Å². The van der Waals surface area contributed by atoms with Crippen LogP contribution in [-0.4, -0.2) is 46.2 Å². The average molecular weight is 522 g/mol. The summed E-state index contributed by atoms with van der Waals surface area (Å²) in [7, 11) is 0. The van der Waals surface area contributed by atoms with Crippen molar-refractivity contribution in [3.8, 4) is 0 Å². The minimum Gasteiger partial charge on any atom is -0.325 e. The molecule has 0 bridgehead atoms. The van der Waals surface area contributed by atoms with Gasteiger partial charge in [-0.3, -0.25) is 14.4 Å².